The summed E-state index contributed by atoms with van der Waals surface area (Å²) in [5, 5.41) is 6.85. The van der Waals surface area contributed by atoms with E-state index in [-0.39, 0.29) is 5.60 Å². The predicted octanol–water partition coefficient (Wildman–Crippen LogP) is 3.26. The van der Waals surface area contributed by atoms with Crippen LogP contribution < -0.4 is 5.32 Å². The van der Waals surface area contributed by atoms with E-state index in [4.69, 9.17) is 4.74 Å². The molecule has 104 valence electrons. The lowest BCUT2D eigenvalue weighted by Gasteiger charge is -2.37. The molecule has 0 aliphatic heterocycles. The van der Waals surface area contributed by atoms with Crippen LogP contribution in [0.3, 0.4) is 0 Å². The minimum Gasteiger partial charge on any atom is -0.374 e. The Labute approximate surface area is 115 Å². The third-order valence-corrected chi connectivity index (χ3v) is 4.22. The van der Waals surface area contributed by atoms with E-state index < -0.39 is 0 Å². The highest BCUT2D eigenvalue weighted by atomic mass is 32.1. The standard InChI is InChI=1S/C14H26N2OS/c1-5-8-15-12(11-13-16-9-10-18-13)14(4,6-2)17-7-3/h9-10,12,15H,5-8,11H2,1-4H3. The van der Waals surface area contributed by atoms with Gasteiger partial charge < -0.3 is 10.1 Å². The Morgan fingerprint density at radius 2 is 2.22 bits per heavy atom. The minimum absolute atomic E-state index is 0.115. The number of hydrogen-bond donors (Lipinski definition) is 1. The van der Waals surface area contributed by atoms with E-state index in [1.807, 2.05) is 11.6 Å². The second kappa shape index (κ2) is 7.87. The third kappa shape index (κ3) is 4.34. The number of nitrogens with zero attached hydrogens (tertiary/aromatic N) is 1. The maximum atomic E-state index is 6.00. The van der Waals surface area contributed by atoms with Crippen molar-refractivity contribution in [3.8, 4) is 0 Å². The van der Waals surface area contributed by atoms with Gasteiger partial charge in [0.25, 0.3) is 0 Å². The predicted molar refractivity (Wildman–Crippen MR) is 78.2 cm³/mol. The van der Waals surface area contributed by atoms with E-state index in [1.165, 1.54) is 5.01 Å². The van der Waals surface area contributed by atoms with Crippen molar-refractivity contribution in [1.29, 1.82) is 0 Å². The molecule has 1 heterocycles. The van der Waals surface area contributed by atoms with Gasteiger partial charge in [-0.3, -0.25) is 0 Å². The van der Waals surface area contributed by atoms with Crippen molar-refractivity contribution in [3.63, 3.8) is 0 Å². The van der Waals surface area contributed by atoms with Crippen molar-refractivity contribution >= 4 is 11.3 Å². The van der Waals surface area contributed by atoms with Crippen LogP contribution in [0.5, 0.6) is 0 Å². The summed E-state index contributed by atoms with van der Waals surface area (Å²) in [5.74, 6) is 0. The van der Waals surface area contributed by atoms with Crippen LogP contribution in [0, 0.1) is 0 Å². The summed E-state index contributed by atoms with van der Waals surface area (Å²) >= 11 is 1.72. The zero-order valence-corrected chi connectivity index (χ0v) is 12.8. The van der Waals surface area contributed by atoms with Crippen molar-refractivity contribution in [2.24, 2.45) is 0 Å². The molecule has 0 aliphatic rings. The van der Waals surface area contributed by atoms with Gasteiger partial charge in [-0.1, -0.05) is 13.8 Å². The molecule has 4 heteroatoms. The third-order valence-electron chi connectivity index (χ3n) is 3.42. The molecule has 0 saturated carbocycles. The SMILES string of the molecule is CCCNC(Cc1nccs1)C(C)(CC)OCC. The smallest absolute Gasteiger partial charge is 0.0941 e. The maximum Gasteiger partial charge on any atom is 0.0941 e. The Kier molecular flexibility index (Phi) is 6.82. The van der Waals surface area contributed by atoms with Crippen molar-refractivity contribution in [3.05, 3.63) is 16.6 Å². The normalized spacial score (nSPS) is 16.4. The molecule has 0 amide bonds. The van der Waals surface area contributed by atoms with Crippen LogP contribution in [0.4, 0.5) is 0 Å². The Hall–Kier alpha value is -0.450. The van der Waals surface area contributed by atoms with E-state index in [2.05, 4.69) is 38.0 Å². The number of thiazole rings is 1. The lowest BCUT2D eigenvalue weighted by molar-refractivity contribution is -0.0549. The molecule has 3 nitrogen and oxygen atoms in total. The fourth-order valence-electron chi connectivity index (χ4n) is 2.13. The summed E-state index contributed by atoms with van der Waals surface area (Å²) in [5.41, 5.74) is -0.115. The second-order valence-corrected chi connectivity index (χ2v) is 5.72. The summed E-state index contributed by atoms with van der Waals surface area (Å²) in [4.78, 5) is 4.40. The lowest BCUT2D eigenvalue weighted by Crippen LogP contribution is -2.51. The summed E-state index contributed by atoms with van der Waals surface area (Å²) in [6.07, 6.45) is 4.97. The highest BCUT2D eigenvalue weighted by molar-refractivity contribution is 7.09. The van der Waals surface area contributed by atoms with Crippen LogP contribution in [0.15, 0.2) is 11.6 Å². The van der Waals surface area contributed by atoms with Crippen molar-refractivity contribution in [1.82, 2.24) is 10.3 Å². The van der Waals surface area contributed by atoms with Crippen molar-refractivity contribution < 1.29 is 4.74 Å². The molecule has 0 fully saturated rings. The fraction of sp³-hybridized carbons (Fsp3) is 0.786. The van der Waals surface area contributed by atoms with E-state index in [0.29, 0.717) is 6.04 Å². The zero-order chi connectivity index (χ0) is 13.4. The average Bonchev–Trinajstić information content (AvgIpc) is 2.87. The topological polar surface area (TPSA) is 34.2 Å². The number of hydrogen-bond acceptors (Lipinski definition) is 4. The molecule has 18 heavy (non-hydrogen) atoms. The maximum absolute atomic E-state index is 6.00. The zero-order valence-electron chi connectivity index (χ0n) is 12.0. The monoisotopic (exact) mass is 270 g/mol. The lowest BCUT2D eigenvalue weighted by atomic mass is 9.90. The molecule has 0 spiro atoms. The first kappa shape index (κ1) is 15.6. The Morgan fingerprint density at radius 1 is 1.44 bits per heavy atom. The van der Waals surface area contributed by atoms with Crippen molar-refractivity contribution in [2.75, 3.05) is 13.2 Å². The van der Waals surface area contributed by atoms with Gasteiger partial charge in [-0.2, -0.15) is 0 Å². The average molecular weight is 270 g/mol. The van der Waals surface area contributed by atoms with Crippen LogP contribution in [-0.4, -0.2) is 29.8 Å². The van der Waals surface area contributed by atoms with E-state index in [1.54, 1.807) is 11.3 Å². The van der Waals surface area contributed by atoms with Gasteiger partial charge in [-0.05, 0) is 33.2 Å². The first-order valence-electron chi connectivity index (χ1n) is 6.92. The number of aromatic nitrogens is 1. The van der Waals surface area contributed by atoms with Gasteiger partial charge in [0.1, 0.15) is 0 Å². The quantitative estimate of drug-likeness (QED) is 0.748. The van der Waals surface area contributed by atoms with Gasteiger partial charge in [0, 0.05) is 30.6 Å². The molecule has 1 N–H and O–H groups in total. The Balaban J connectivity index is 2.74. The molecule has 1 rings (SSSR count). The Morgan fingerprint density at radius 3 is 2.72 bits per heavy atom. The fourth-order valence-corrected chi connectivity index (χ4v) is 2.79. The van der Waals surface area contributed by atoms with Gasteiger partial charge in [0.2, 0.25) is 0 Å². The van der Waals surface area contributed by atoms with Crippen LogP contribution in [0.1, 0.15) is 45.5 Å². The highest BCUT2D eigenvalue weighted by Gasteiger charge is 2.33. The Bertz CT molecular complexity index is 316. The number of ether oxygens (including phenoxy) is 1. The summed E-state index contributed by atoms with van der Waals surface area (Å²) in [7, 11) is 0. The molecule has 2 unspecified atom stereocenters. The molecule has 0 saturated heterocycles. The van der Waals surface area contributed by atoms with Gasteiger partial charge in [0.05, 0.1) is 10.6 Å². The molecule has 2 atom stereocenters. The van der Waals surface area contributed by atoms with E-state index in [9.17, 15) is 0 Å². The summed E-state index contributed by atoms with van der Waals surface area (Å²) in [6, 6.07) is 0.327. The minimum atomic E-state index is -0.115. The highest BCUT2D eigenvalue weighted by Crippen LogP contribution is 2.24. The number of rotatable bonds is 9. The number of nitrogens with one attached hydrogen (secondary N) is 1. The molecule has 0 aromatic carbocycles. The summed E-state index contributed by atoms with van der Waals surface area (Å²) < 4.78 is 6.00. The second-order valence-electron chi connectivity index (χ2n) is 4.74. The van der Waals surface area contributed by atoms with Gasteiger partial charge in [-0.15, -0.1) is 11.3 Å². The largest absolute Gasteiger partial charge is 0.374 e. The van der Waals surface area contributed by atoms with Crippen molar-refractivity contribution in [2.45, 2.75) is 58.6 Å². The van der Waals surface area contributed by atoms with E-state index >= 15 is 0 Å². The molecule has 1 aromatic rings. The van der Waals surface area contributed by atoms with Gasteiger partial charge in [-0.25, -0.2) is 4.98 Å². The van der Waals surface area contributed by atoms with Crippen LogP contribution in [-0.2, 0) is 11.2 Å². The first-order chi connectivity index (χ1) is 8.66. The van der Waals surface area contributed by atoms with Crippen LogP contribution in [0.2, 0.25) is 0 Å². The molecule has 1 aromatic heterocycles. The molecule has 0 aliphatic carbocycles. The summed E-state index contributed by atoms with van der Waals surface area (Å²) in [6.45, 7) is 10.4. The van der Waals surface area contributed by atoms with Gasteiger partial charge in [0.15, 0.2) is 0 Å². The van der Waals surface area contributed by atoms with Gasteiger partial charge >= 0.3 is 0 Å². The first-order valence-corrected chi connectivity index (χ1v) is 7.79. The molecule has 0 bridgehead atoms. The van der Waals surface area contributed by atoms with Crippen LogP contribution in [0.25, 0.3) is 0 Å². The molecular weight excluding hydrogens is 244 g/mol. The molecular formula is C14H26N2OS. The van der Waals surface area contributed by atoms with Crippen LogP contribution >= 0.6 is 11.3 Å². The molecule has 0 radical (unpaired) electrons. The van der Waals surface area contributed by atoms with E-state index in [0.717, 1.165) is 32.4 Å².